The monoisotopic (exact) mass is 300 g/mol. The summed E-state index contributed by atoms with van der Waals surface area (Å²) in [5.74, 6) is -2.05. The molecule has 0 unspecified atom stereocenters. The van der Waals surface area contributed by atoms with E-state index in [1.807, 2.05) is 0 Å². The lowest BCUT2D eigenvalue weighted by atomic mass is 10.3. The molecule has 0 saturated heterocycles. The zero-order valence-electron chi connectivity index (χ0n) is 10.0. The van der Waals surface area contributed by atoms with Crippen molar-refractivity contribution in [1.82, 2.24) is 4.98 Å². The van der Waals surface area contributed by atoms with Gasteiger partial charge in [0, 0.05) is 6.20 Å². The number of nitrogens with zero attached hydrogens (tertiary/aromatic N) is 1. The van der Waals surface area contributed by atoms with Gasteiger partial charge in [-0.1, -0.05) is 12.1 Å². The molecule has 20 heavy (non-hydrogen) atoms. The Kier molecular flexibility index (Phi) is 3.96. The maximum Gasteiger partial charge on any atom is 0.279 e. The summed E-state index contributed by atoms with van der Waals surface area (Å²) in [4.78, 5) is 3.62. The summed E-state index contributed by atoms with van der Waals surface area (Å²) in [7, 11) is -4.21. The predicted molar refractivity (Wildman–Crippen MR) is 67.3 cm³/mol. The molecule has 1 heterocycles. The van der Waals surface area contributed by atoms with Crippen molar-refractivity contribution in [3.05, 3.63) is 53.7 Å². The van der Waals surface area contributed by atoms with Gasteiger partial charge in [0.15, 0.2) is 5.03 Å². The van der Waals surface area contributed by atoms with E-state index in [1.165, 1.54) is 6.07 Å². The van der Waals surface area contributed by atoms with E-state index in [0.717, 1.165) is 30.5 Å². The SMILES string of the molecule is O=S(=O)(Nc1c(F)cccc1F)c1ccc(CO)cn1. The number of aliphatic hydroxyl groups excluding tert-OH is 1. The summed E-state index contributed by atoms with van der Waals surface area (Å²) in [6, 6.07) is 5.47. The smallest absolute Gasteiger partial charge is 0.279 e. The number of hydrogen-bond acceptors (Lipinski definition) is 4. The highest BCUT2D eigenvalue weighted by Crippen LogP contribution is 2.21. The highest BCUT2D eigenvalue weighted by molar-refractivity contribution is 7.92. The van der Waals surface area contributed by atoms with Crippen molar-refractivity contribution in [2.45, 2.75) is 11.6 Å². The fourth-order valence-corrected chi connectivity index (χ4v) is 2.45. The Bertz CT molecular complexity index is 698. The number of nitrogens with one attached hydrogen (secondary N) is 1. The first-order chi connectivity index (χ1) is 9.44. The molecule has 106 valence electrons. The highest BCUT2D eigenvalue weighted by Gasteiger charge is 2.20. The van der Waals surface area contributed by atoms with Crippen LogP contribution in [-0.4, -0.2) is 18.5 Å². The number of sulfonamides is 1. The van der Waals surface area contributed by atoms with Gasteiger partial charge in [-0.05, 0) is 23.8 Å². The molecule has 0 fully saturated rings. The summed E-state index contributed by atoms with van der Waals surface area (Å²) < 4.78 is 52.5. The number of halogens is 2. The zero-order chi connectivity index (χ0) is 14.8. The number of hydrogen-bond donors (Lipinski definition) is 2. The molecule has 0 bridgehead atoms. The van der Waals surface area contributed by atoms with E-state index in [4.69, 9.17) is 5.11 Å². The Morgan fingerprint density at radius 1 is 1.15 bits per heavy atom. The van der Waals surface area contributed by atoms with E-state index in [9.17, 15) is 17.2 Å². The van der Waals surface area contributed by atoms with Crippen LogP contribution in [-0.2, 0) is 16.6 Å². The van der Waals surface area contributed by atoms with E-state index in [0.29, 0.717) is 5.56 Å². The molecule has 1 aromatic heterocycles. The lowest BCUT2D eigenvalue weighted by molar-refractivity contribution is 0.281. The largest absolute Gasteiger partial charge is 0.392 e. The molecule has 2 rings (SSSR count). The Hall–Kier alpha value is -2.06. The minimum absolute atomic E-state index is 0.289. The van der Waals surface area contributed by atoms with Crippen LogP contribution < -0.4 is 4.72 Å². The molecule has 0 aliphatic carbocycles. The van der Waals surface area contributed by atoms with Gasteiger partial charge in [0.05, 0.1) is 6.61 Å². The van der Waals surface area contributed by atoms with Crippen LogP contribution in [0.2, 0.25) is 0 Å². The van der Waals surface area contributed by atoms with Crippen LogP contribution in [0.4, 0.5) is 14.5 Å². The molecular formula is C12H10F2N2O3S. The molecule has 0 saturated carbocycles. The Morgan fingerprint density at radius 3 is 2.30 bits per heavy atom. The lowest BCUT2D eigenvalue weighted by Crippen LogP contribution is -2.16. The van der Waals surface area contributed by atoms with Crippen LogP contribution in [0.15, 0.2) is 41.6 Å². The summed E-state index contributed by atoms with van der Waals surface area (Å²) in [5, 5.41) is 8.43. The highest BCUT2D eigenvalue weighted by atomic mass is 32.2. The molecule has 2 N–H and O–H groups in total. The van der Waals surface area contributed by atoms with E-state index in [2.05, 4.69) is 4.98 Å². The fraction of sp³-hybridized carbons (Fsp3) is 0.0833. The second-order valence-electron chi connectivity index (χ2n) is 3.86. The van der Waals surface area contributed by atoms with Crippen LogP contribution >= 0.6 is 0 Å². The third kappa shape index (κ3) is 2.91. The van der Waals surface area contributed by atoms with E-state index < -0.39 is 32.4 Å². The van der Waals surface area contributed by atoms with Crippen LogP contribution in [0.3, 0.4) is 0 Å². The number of para-hydroxylation sites is 1. The molecule has 1 aromatic carbocycles. The van der Waals surface area contributed by atoms with Gasteiger partial charge in [-0.25, -0.2) is 13.8 Å². The second-order valence-corrected chi connectivity index (χ2v) is 5.49. The number of rotatable bonds is 4. The molecular weight excluding hydrogens is 290 g/mol. The fourth-order valence-electron chi connectivity index (χ4n) is 1.45. The van der Waals surface area contributed by atoms with Gasteiger partial charge in [-0.2, -0.15) is 8.42 Å². The second kappa shape index (κ2) is 5.51. The number of aliphatic hydroxyl groups is 1. The van der Waals surface area contributed by atoms with Crippen molar-refractivity contribution in [2.75, 3.05) is 4.72 Å². The third-order valence-electron chi connectivity index (χ3n) is 2.45. The number of aromatic nitrogens is 1. The number of anilines is 1. The number of benzene rings is 1. The molecule has 0 aliphatic rings. The summed E-state index contributed by atoms with van der Waals surface area (Å²) in [6.45, 7) is -0.289. The standard InChI is InChI=1S/C12H10F2N2O3S/c13-9-2-1-3-10(14)12(9)16-20(18,19)11-5-4-8(7-17)6-15-11/h1-6,16-17H,7H2. The Morgan fingerprint density at radius 2 is 1.80 bits per heavy atom. The summed E-state index contributed by atoms with van der Waals surface area (Å²) in [6.07, 6.45) is 1.16. The topological polar surface area (TPSA) is 79.3 Å². The lowest BCUT2D eigenvalue weighted by Gasteiger charge is -2.09. The molecule has 0 spiro atoms. The predicted octanol–water partition coefficient (Wildman–Crippen LogP) is 1.65. The van der Waals surface area contributed by atoms with Crippen LogP contribution in [0.25, 0.3) is 0 Å². The first-order valence-corrected chi connectivity index (χ1v) is 6.95. The van der Waals surface area contributed by atoms with Crippen molar-refractivity contribution in [3.8, 4) is 0 Å². The van der Waals surface area contributed by atoms with Gasteiger partial charge in [0.1, 0.15) is 17.3 Å². The zero-order valence-corrected chi connectivity index (χ0v) is 10.9. The molecule has 0 atom stereocenters. The van der Waals surface area contributed by atoms with Crippen LogP contribution in [0.5, 0.6) is 0 Å². The first-order valence-electron chi connectivity index (χ1n) is 5.46. The van der Waals surface area contributed by atoms with Crippen molar-refractivity contribution in [1.29, 1.82) is 0 Å². The van der Waals surface area contributed by atoms with Crippen molar-refractivity contribution < 1.29 is 22.3 Å². The van der Waals surface area contributed by atoms with E-state index in [1.54, 1.807) is 4.72 Å². The van der Waals surface area contributed by atoms with Gasteiger partial charge in [0.25, 0.3) is 10.0 Å². The van der Waals surface area contributed by atoms with Crippen LogP contribution in [0.1, 0.15) is 5.56 Å². The van der Waals surface area contributed by atoms with Crippen molar-refractivity contribution in [2.24, 2.45) is 0 Å². The average Bonchev–Trinajstić information content (AvgIpc) is 2.43. The molecule has 8 heteroatoms. The van der Waals surface area contributed by atoms with Crippen molar-refractivity contribution in [3.63, 3.8) is 0 Å². The maximum absolute atomic E-state index is 13.4. The van der Waals surface area contributed by atoms with E-state index >= 15 is 0 Å². The van der Waals surface area contributed by atoms with Gasteiger partial charge in [-0.3, -0.25) is 4.72 Å². The van der Waals surface area contributed by atoms with Gasteiger partial charge < -0.3 is 5.11 Å². The van der Waals surface area contributed by atoms with E-state index in [-0.39, 0.29) is 6.61 Å². The Labute approximate surface area is 114 Å². The van der Waals surface area contributed by atoms with Crippen molar-refractivity contribution >= 4 is 15.7 Å². The molecule has 2 aromatic rings. The molecule has 0 amide bonds. The third-order valence-corrected chi connectivity index (χ3v) is 3.72. The molecule has 0 radical (unpaired) electrons. The average molecular weight is 300 g/mol. The molecule has 5 nitrogen and oxygen atoms in total. The summed E-state index contributed by atoms with van der Waals surface area (Å²) in [5.41, 5.74) is -0.346. The molecule has 0 aliphatic heterocycles. The van der Waals surface area contributed by atoms with Gasteiger partial charge in [-0.15, -0.1) is 0 Å². The quantitative estimate of drug-likeness (QED) is 0.900. The van der Waals surface area contributed by atoms with Crippen LogP contribution in [0, 0.1) is 11.6 Å². The van der Waals surface area contributed by atoms with Gasteiger partial charge >= 0.3 is 0 Å². The maximum atomic E-state index is 13.4. The minimum Gasteiger partial charge on any atom is -0.392 e. The minimum atomic E-state index is -4.21. The Balaban J connectivity index is 2.35. The first kappa shape index (κ1) is 14.4. The number of pyridine rings is 1. The van der Waals surface area contributed by atoms with Gasteiger partial charge in [0.2, 0.25) is 0 Å². The summed E-state index contributed by atoms with van der Waals surface area (Å²) >= 11 is 0. The normalized spacial score (nSPS) is 11.3.